The Balaban J connectivity index is 1.40. The van der Waals surface area contributed by atoms with E-state index in [9.17, 15) is 13.2 Å². The van der Waals surface area contributed by atoms with E-state index in [0.717, 1.165) is 31.4 Å². The van der Waals surface area contributed by atoms with E-state index in [-0.39, 0.29) is 22.9 Å². The molecular formula is C19H25N5O3S. The molecule has 9 heteroatoms. The number of nitrogens with one attached hydrogen (secondary N) is 3. The predicted molar refractivity (Wildman–Crippen MR) is 105 cm³/mol. The highest BCUT2D eigenvalue weighted by molar-refractivity contribution is 7.89. The van der Waals surface area contributed by atoms with Crippen molar-refractivity contribution in [1.29, 1.82) is 0 Å². The first-order valence-corrected chi connectivity index (χ1v) is 11.2. The summed E-state index contributed by atoms with van der Waals surface area (Å²) in [6, 6.07) is 8.74. The summed E-state index contributed by atoms with van der Waals surface area (Å²) < 4.78 is 27.8. The average molecular weight is 404 g/mol. The fourth-order valence-electron chi connectivity index (χ4n) is 3.93. The number of rotatable bonds is 4. The van der Waals surface area contributed by atoms with Crippen molar-refractivity contribution < 1.29 is 13.2 Å². The molecule has 1 atom stereocenters. The molecule has 150 valence electrons. The predicted octanol–water partition coefficient (Wildman–Crippen LogP) is 1.94. The standard InChI is InChI=1S/C19H25N5O3S/c1-2-5-14-12-16(22-21-14)19(25)24-10-8-13(9-11-24)18-20-15-6-3-4-7-17(15)28(26,27)23-18/h3-4,6-7,12-13,18,20,23H,2,5,8-11H2,1H3,(H,21,22). The number of fused-ring (bicyclic) bond motifs is 1. The van der Waals surface area contributed by atoms with Gasteiger partial charge in [0.25, 0.3) is 5.91 Å². The molecule has 0 aliphatic carbocycles. The number of likely N-dealkylation sites (tertiary alicyclic amines) is 1. The van der Waals surface area contributed by atoms with Crippen molar-refractivity contribution >= 4 is 21.6 Å². The van der Waals surface area contributed by atoms with Crippen LogP contribution in [0.2, 0.25) is 0 Å². The first-order chi connectivity index (χ1) is 13.5. The van der Waals surface area contributed by atoms with Crippen molar-refractivity contribution in [2.24, 2.45) is 5.92 Å². The number of aromatic amines is 1. The molecule has 2 aliphatic rings. The monoisotopic (exact) mass is 403 g/mol. The van der Waals surface area contributed by atoms with Gasteiger partial charge >= 0.3 is 0 Å². The minimum Gasteiger partial charge on any atom is -0.368 e. The molecule has 0 radical (unpaired) electrons. The average Bonchev–Trinajstić information content (AvgIpc) is 3.16. The fourth-order valence-corrected chi connectivity index (χ4v) is 5.32. The van der Waals surface area contributed by atoms with E-state index in [0.29, 0.717) is 24.5 Å². The van der Waals surface area contributed by atoms with Crippen molar-refractivity contribution in [3.05, 3.63) is 41.7 Å². The highest BCUT2D eigenvalue weighted by Gasteiger charge is 2.36. The zero-order chi connectivity index (χ0) is 19.7. The second-order valence-corrected chi connectivity index (χ2v) is 9.08. The minimum atomic E-state index is -3.52. The van der Waals surface area contributed by atoms with Crippen molar-refractivity contribution in [2.75, 3.05) is 18.4 Å². The van der Waals surface area contributed by atoms with Gasteiger partial charge in [0.2, 0.25) is 10.0 Å². The van der Waals surface area contributed by atoms with Crippen LogP contribution in [0.3, 0.4) is 0 Å². The van der Waals surface area contributed by atoms with E-state index < -0.39 is 10.0 Å². The maximum atomic E-state index is 12.7. The lowest BCUT2D eigenvalue weighted by molar-refractivity contribution is 0.0673. The smallest absolute Gasteiger partial charge is 0.274 e. The van der Waals surface area contributed by atoms with Crippen molar-refractivity contribution in [1.82, 2.24) is 19.8 Å². The maximum Gasteiger partial charge on any atom is 0.274 e. The van der Waals surface area contributed by atoms with Gasteiger partial charge in [0.1, 0.15) is 10.6 Å². The van der Waals surface area contributed by atoms with Gasteiger partial charge in [-0.1, -0.05) is 25.5 Å². The molecule has 4 rings (SSSR count). The number of benzene rings is 1. The van der Waals surface area contributed by atoms with Crippen molar-refractivity contribution in [3.8, 4) is 0 Å². The van der Waals surface area contributed by atoms with Gasteiger partial charge in [0.15, 0.2) is 0 Å². The van der Waals surface area contributed by atoms with Crippen LogP contribution in [0.5, 0.6) is 0 Å². The number of nitrogens with zero attached hydrogens (tertiary/aromatic N) is 2. The number of aryl methyl sites for hydroxylation is 1. The van der Waals surface area contributed by atoms with E-state index in [2.05, 4.69) is 27.2 Å². The molecule has 28 heavy (non-hydrogen) atoms. The Bertz CT molecular complexity index is 963. The molecule has 1 fully saturated rings. The number of carbonyl (C=O) groups is 1. The Morgan fingerprint density at radius 2 is 2.00 bits per heavy atom. The largest absolute Gasteiger partial charge is 0.368 e. The van der Waals surface area contributed by atoms with Gasteiger partial charge in [-0.2, -0.15) is 9.82 Å². The number of para-hydroxylation sites is 1. The Morgan fingerprint density at radius 1 is 1.25 bits per heavy atom. The van der Waals surface area contributed by atoms with Crippen LogP contribution in [0.1, 0.15) is 42.4 Å². The number of sulfonamides is 1. The van der Waals surface area contributed by atoms with Gasteiger partial charge < -0.3 is 10.2 Å². The van der Waals surface area contributed by atoms with Crippen LogP contribution in [0, 0.1) is 5.92 Å². The first-order valence-electron chi connectivity index (χ1n) is 9.69. The van der Waals surface area contributed by atoms with Crippen LogP contribution in [0.15, 0.2) is 35.2 Å². The third kappa shape index (κ3) is 3.64. The zero-order valence-corrected chi connectivity index (χ0v) is 16.6. The first kappa shape index (κ1) is 18.9. The molecule has 0 saturated carbocycles. The van der Waals surface area contributed by atoms with Crippen LogP contribution in [0.25, 0.3) is 0 Å². The van der Waals surface area contributed by atoms with Crippen LogP contribution in [-0.2, 0) is 16.4 Å². The molecule has 8 nitrogen and oxygen atoms in total. The highest BCUT2D eigenvalue weighted by atomic mass is 32.2. The van der Waals surface area contributed by atoms with Crippen LogP contribution in [-0.4, -0.2) is 48.7 Å². The molecule has 2 aliphatic heterocycles. The summed E-state index contributed by atoms with van der Waals surface area (Å²) in [6.07, 6.45) is 2.95. The zero-order valence-electron chi connectivity index (χ0n) is 15.8. The molecule has 0 spiro atoms. The van der Waals surface area contributed by atoms with Gasteiger partial charge in [-0.05, 0) is 43.4 Å². The van der Waals surface area contributed by atoms with E-state index in [1.165, 1.54) is 0 Å². The van der Waals surface area contributed by atoms with Gasteiger partial charge in [-0.3, -0.25) is 9.89 Å². The van der Waals surface area contributed by atoms with Gasteiger partial charge in [0, 0.05) is 18.8 Å². The van der Waals surface area contributed by atoms with Gasteiger partial charge in [-0.25, -0.2) is 8.42 Å². The lowest BCUT2D eigenvalue weighted by atomic mass is 9.93. The summed E-state index contributed by atoms with van der Waals surface area (Å²) in [5, 5.41) is 10.4. The van der Waals surface area contributed by atoms with Gasteiger partial charge in [-0.15, -0.1) is 0 Å². The Hall–Kier alpha value is -2.39. The van der Waals surface area contributed by atoms with Crippen LogP contribution in [0.4, 0.5) is 5.69 Å². The Morgan fingerprint density at radius 3 is 2.75 bits per heavy atom. The minimum absolute atomic E-state index is 0.0698. The molecule has 1 amide bonds. The molecule has 3 N–H and O–H groups in total. The van der Waals surface area contributed by atoms with Crippen molar-refractivity contribution in [2.45, 2.75) is 43.7 Å². The summed E-state index contributed by atoms with van der Waals surface area (Å²) in [4.78, 5) is 14.8. The molecule has 1 saturated heterocycles. The molecule has 1 aromatic carbocycles. The van der Waals surface area contributed by atoms with Crippen molar-refractivity contribution in [3.63, 3.8) is 0 Å². The number of hydrogen-bond donors (Lipinski definition) is 3. The van der Waals surface area contributed by atoms with Gasteiger partial charge in [0.05, 0.1) is 11.9 Å². The molecule has 2 aromatic rings. The second-order valence-electron chi connectivity index (χ2n) is 7.40. The third-order valence-corrected chi connectivity index (χ3v) is 6.94. The number of carbonyl (C=O) groups excluding carboxylic acids is 1. The van der Waals surface area contributed by atoms with Crippen LogP contribution >= 0.6 is 0 Å². The highest BCUT2D eigenvalue weighted by Crippen LogP contribution is 2.31. The topological polar surface area (TPSA) is 107 Å². The molecule has 0 bridgehead atoms. The number of H-pyrrole nitrogens is 1. The molecular weight excluding hydrogens is 378 g/mol. The molecule has 1 unspecified atom stereocenters. The molecule has 1 aromatic heterocycles. The van der Waals surface area contributed by atoms with E-state index in [1.807, 2.05) is 12.1 Å². The third-order valence-electron chi connectivity index (χ3n) is 5.44. The Kier molecular flexibility index (Phi) is 5.11. The van der Waals surface area contributed by atoms with Crippen LogP contribution < -0.4 is 10.0 Å². The van der Waals surface area contributed by atoms with E-state index in [4.69, 9.17) is 0 Å². The van der Waals surface area contributed by atoms with E-state index >= 15 is 0 Å². The Labute approximate surface area is 164 Å². The SMILES string of the molecule is CCCc1cc(C(=O)N2CCC(C3Nc4ccccc4S(=O)(=O)N3)CC2)n[nH]1. The maximum absolute atomic E-state index is 12.7. The number of aromatic nitrogens is 2. The quantitative estimate of drug-likeness (QED) is 0.723. The summed E-state index contributed by atoms with van der Waals surface area (Å²) in [6.45, 7) is 3.25. The summed E-state index contributed by atoms with van der Waals surface area (Å²) in [5.74, 6) is 0.0431. The summed E-state index contributed by atoms with van der Waals surface area (Å²) in [7, 11) is -3.52. The lowest BCUT2D eigenvalue weighted by Gasteiger charge is -2.38. The fraction of sp³-hybridized carbons (Fsp3) is 0.474. The second kappa shape index (κ2) is 7.56. The number of amides is 1. The summed E-state index contributed by atoms with van der Waals surface area (Å²) >= 11 is 0. The lowest BCUT2D eigenvalue weighted by Crippen LogP contribution is -2.52. The summed E-state index contributed by atoms with van der Waals surface area (Å²) in [5.41, 5.74) is 2.05. The van der Waals surface area contributed by atoms with E-state index in [1.54, 1.807) is 23.1 Å². The normalized spacial score (nSPS) is 21.8. The number of hydrogen-bond acceptors (Lipinski definition) is 5. The number of piperidine rings is 1. The number of anilines is 1. The molecule has 3 heterocycles.